The molecule has 17 heavy (non-hydrogen) atoms. The van der Waals surface area contributed by atoms with Gasteiger partial charge in [-0.2, -0.15) is 0 Å². The number of rotatable bonds is 1. The SMILES string of the molecule is C=C.C=CC.C=CCC.Cc1ccc(C)cc1. The van der Waals surface area contributed by atoms with Gasteiger partial charge in [-0.15, -0.1) is 26.3 Å². The summed E-state index contributed by atoms with van der Waals surface area (Å²) < 4.78 is 0. The molecule has 0 fully saturated rings. The lowest BCUT2D eigenvalue weighted by molar-refractivity contribution is 1.23. The topological polar surface area (TPSA) is 0 Å². The zero-order chi connectivity index (χ0) is 14.1. The van der Waals surface area contributed by atoms with Crippen molar-refractivity contribution in [2.24, 2.45) is 0 Å². The second kappa shape index (κ2) is 19.9. The number of benzene rings is 1. The lowest BCUT2D eigenvalue weighted by atomic mass is 10.2. The maximum absolute atomic E-state index is 3.48. The molecule has 0 amide bonds. The van der Waals surface area contributed by atoms with Crippen molar-refractivity contribution in [2.75, 3.05) is 0 Å². The molecule has 0 aliphatic rings. The van der Waals surface area contributed by atoms with Gasteiger partial charge in [0.2, 0.25) is 0 Å². The van der Waals surface area contributed by atoms with Crippen LogP contribution in [-0.2, 0) is 0 Å². The van der Waals surface area contributed by atoms with Crippen LogP contribution in [0.5, 0.6) is 0 Å². The molecule has 0 atom stereocenters. The van der Waals surface area contributed by atoms with Crippen LogP contribution in [-0.4, -0.2) is 0 Å². The minimum atomic E-state index is 1.08. The summed E-state index contributed by atoms with van der Waals surface area (Å²) in [5.41, 5.74) is 2.66. The largest absolute Gasteiger partial charge is 0.106 e. The van der Waals surface area contributed by atoms with E-state index in [0.717, 1.165) is 6.42 Å². The van der Waals surface area contributed by atoms with Crippen molar-refractivity contribution in [1.82, 2.24) is 0 Å². The number of hydrogen-bond acceptors (Lipinski definition) is 0. The third-order valence-corrected chi connectivity index (χ3v) is 1.51. The maximum atomic E-state index is 3.48. The number of aryl methyl sites for hydroxylation is 2. The molecular weight excluding hydrogens is 204 g/mol. The minimum absolute atomic E-state index is 1.08. The molecule has 0 radical (unpaired) electrons. The van der Waals surface area contributed by atoms with Gasteiger partial charge in [0.1, 0.15) is 0 Å². The predicted molar refractivity (Wildman–Crippen MR) is 83.5 cm³/mol. The van der Waals surface area contributed by atoms with E-state index in [1.165, 1.54) is 11.1 Å². The standard InChI is InChI=1S/C8H10.C4H8.C3H6.C2H4/c1-7-3-5-8(2)6-4-7;1-3-4-2;1-3-2;1-2/h3-6H,1-2H3;3H,1,4H2,2H3;3H,1H2,2H3;1-2H2. The highest BCUT2D eigenvalue weighted by molar-refractivity contribution is 5.19. The molecule has 0 nitrogen and oxygen atoms in total. The predicted octanol–water partition coefficient (Wildman–Crippen LogP) is 5.88. The summed E-state index contributed by atoms with van der Waals surface area (Å²) in [7, 11) is 0. The van der Waals surface area contributed by atoms with Crippen LogP contribution in [0.15, 0.2) is 62.7 Å². The van der Waals surface area contributed by atoms with E-state index in [4.69, 9.17) is 0 Å². The second-order valence-corrected chi connectivity index (χ2v) is 3.26. The summed E-state index contributed by atoms with van der Waals surface area (Å²) in [5, 5.41) is 0. The molecular formula is C17H28. The molecule has 96 valence electrons. The Hall–Kier alpha value is -1.56. The first-order valence-corrected chi connectivity index (χ1v) is 5.83. The Balaban J connectivity index is -0.000000186. The number of allylic oxidation sites excluding steroid dienone is 2. The minimum Gasteiger partial charge on any atom is -0.106 e. The molecule has 0 aromatic heterocycles. The average Bonchev–Trinajstić information content (AvgIpc) is 2.37. The van der Waals surface area contributed by atoms with Crippen LogP contribution in [0.4, 0.5) is 0 Å². The van der Waals surface area contributed by atoms with Crippen LogP contribution in [0.2, 0.25) is 0 Å². The van der Waals surface area contributed by atoms with Gasteiger partial charge in [-0.25, -0.2) is 0 Å². The zero-order valence-corrected chi connectivity index (χ0v) is 12.0. The smallest absolute Gasteiger partial charge is 0.0382 e. The summed E-state index contributed by atoms with van der Waals surface area (Å²) in [6.07, 6.45) is 4.71. The van der Waals surface area contributed by atoms with Crippen molar-refractivity contribution < 1.29 is 0 Å². The second-order valence-electron chi connectivity index (χ2n) is 3.26. The summed E-state index contributed by atoms with van der Waals surface area (Å²) in [6.45, 7) is 21.0. The molecule has 0 aliphatic carbocycles. The number of hydrogen-bond donors (Lipinski definition) is 0. The van der Waals surface area contributed by atoms with Crippen molar-refractivity contribution in [3.63, 3.8) is 0 Å². The summed E-state index contributed by atoms with van der Waals surface area (Å²) in [5.74, 6) is 0. The normalized spacial score (nSPS) is 6.82. The fourth-order valence-corrected chi connectivity index (χ4v) is 0.637. The van der Waals surface area contributed by atoms with Gasteiger partial charge in [-0.3, -0.25) is 0 Å². The van der Waals surface area contributed by atoms with Crippen molar-refractivity contribution in [3.8, 4) is 0 Å². The Morgan fingerprint density at radius 1 is 0.941 bits per heavy atom. The van der Waals surface area contributed by atoms with Crippen LogP contribution in [0.25, 0.3) is 0 Å². The molecule has 0 heterocycles. The van der Waals surface area contributed by atoms with Gasteiger partial charge < -0.3 is 0 Å². The van der Waals surface area contributed by atoms with Crippen LogP contribution in [0.3, 0.4) is 0 Å². The first-order chi connectivity index (χ1) is 8.12. The highest BCUT2D eigenvalue weighted by atomic mass is 13.9. The van der Waals surface area contributed by atoms with E-state index >= 15 is 0 Å². The van der Waals surface area contributed by atoms with E-state index in [-0.39, 0.29) is 0 Å². The molecule has 0 heteroatoms. The molecule has 0 N–H and O–H groups in total. The lowest BCUT2D eigenvalue weighted by Crippen LogP contribution is -1.70. The molecule has 1 rings (SSSR count). The Kier molecular flexibility index (Phi) is 24.4. The zero-order valence-electron chi connectivity index (χ0n) is 12.0. The molecule has 0 saturated heterocycles. The molecule has 0 spiro atoms. The van der Waals surface area contributed by atoms with Crippen LogP contribution in [0.1, 0.15) is 31.4 Å². The molecule has 0 saturated carbocycles. The maximum Gasteiger partial charge on any atom is -0.0382 e. The van der Waals surface area contributed by atoms with Gasteiger partial charge in [-0.1, -0.05) is 54.5 Å². The first kappa shape index (κ1) is 20.8. The third-order valence-electron chi connectivity index (χ3n) is 1.51. The van der Waals surface area contributed by atoms with E-state index in [9.17, 15) is 0 Å². The van der Waals surface area contributed by atoms with E-state index in [1.54, 1.807) is 6.08 Å². The first-order valence-electron chi connectivity index (χ1n) is 5.83. The fourth-order valence-electron chi connectivity index (χ4n) is 0.637. The quantitative estimate of drug-likeness (QED) is 0.530. The van der Waals surface area contributed by atoms with Gasteiger partial charge in [0.25, 0.3) is 0 Å². The lowest BCUT2D eigenvalue weighted by Gasteiger charge is -1.90. The Morgan fingerprint density at radius 2 is 1.12 bits per heavy atom. The average molecular weight is 232 g/mol. The van der Waals surface area contributed by atoms with E-state index in [2.05, 4.69) is 71.4 Å². The molecule has 0 unspecified atom stereocenters. The fraction of sp³-hybridized carbons (Fsp3) is 0.294. The molecule has 0 aliphatic heterocycles. The Labute approximate surface area is 108 Å². The van der Waals surface area contributed by atoms with Gasteiger partial charge in [0, 0.05) is 0 Å². The summed E-state index contributed by atoms with van der Waals surface area (Å²) >= 11 is 0. The highest BCUT2D eigenvalue weighted by Gasteiger charge is 1.79. The van der Waals surface area contributed by atoms with E-state index < -0.39 is 0 Å². The van der Waals surface area contributed by atoms with Crippen molar-refractivity contribution in [2.45, 2.75) is 34.1 Å². The van der Waals surface area contributed by atoms with Crippen LogP contribution >= 0.6 is 0 Å². The van der Waals surface area contributed by atoms with Crippen molar-refractivity contribution in [1.29, 1.82) is 0 Å². The van der Waals surface area contributed by atoms with Gasteiger partial charge in [0.05, 0.1) is 0 Å². The van der Waals surface area contributed by atoms with E-state index in [1.807, 2.05) is 13.0 Å². The summed E-state index contributed by atoms with van der Waals surface area (Å²) in [4.78, 5) is 0. The van der Waals surface area contributed by atoms with Gasteiger partial charge >= 0.3 is 0 Å². The molecule has 1 aromatic carbocycles. The summed E-state index contributed by atoms with van der Waals surface area (Å²) in [6, 6.07) is 8.48. The molecule has 1 aromatic rings. The van der Waals surface area contributed by atoms with Crippen LogP contribution in [0, 0.1) is 13.8 Å². The Bertz CT molecular complexity index is 233. The third kappa shape index (κ3) is 25.1. The monoisotopic (exact) mass is 232 g/mol. The van der Waals surface area contributed by atoms with Gasteiger partial charge in [-0.05, 0) is 27.2 Å². The molecule has 0 bridgehead atoms. The Morgan fingerprint density at radius 3 is 1.24 bits per heavy atom. The van der Waals surface area contributed by atoms with Gasteiger partial charge in [0.15, 0.2) is 0 Å². The van der Waals surface area contributed by atoms with Crippen molar-refractivity contribution in [3.05, 3.63) is 73.9 Å². The highest BCUT2D eigenvalue weighted by Crippen LogP contribution is 1.99. The van der Waals surface area contributed by atoms with Crippen LogP contribution < -0.4 is 0 Å². The van der Waals surface area contributed by atoms with Crippen molar-refractivity contribution >= 4 is 0 Å². The van der Waals surface area contributed by atoms with E-state index in [0.29, 0.717) is 0 Å².